The third-order valence-electron chi connectivity index (χ3n) is 5.93. The first-order valence-corrected chi connectivity index (χ1v) is 9.66. The molecule has 0 radical (unpaired) electrons. The van der Waals surface area contributed by atoms with Crippen LogP contribution in [0, 0.1) is 11.8 Å². The fourth-order valence-corrected chi connectivity index (χ4v) is 5.38. The fraction of sp³-hybridized carbons (Fsp3) is 0.381. The lowest BCUT2D eigenvalue weighted by molar-refractivity contribution is -0.0128. The first-order valence-electron chi connectivity index (χ1n) is 8.91. The molecule has 0 saturated heterocycles. The van der Waals surface area contributed by atoms with E-state index >= 15 is 0 Å². The number of hydrogen-bond donors (Lipinski definition) is 2. The molecule has 26 heavy (non-hydrogen) atoms. The van der Waals surface area contributed by atoms with Crippen molar-refractivity contribution in [3.63, 3.8) is 0 Å². The van der Waals surface area contributed by atoms with Crippen molar-refractivity contribution in [1.29, 1.82) is 0 Å². The minimum atomic E-state index is -1.18. The van der Waals surface area contributed by atoms with E-state index in [0.717, 1.165) is 24.8 Å². The van der Waals surface area contributed by atoms with Crippen molar-refractivity contribution in [3.8, 4) is 0 Å². The van der Waals surface area contributed by atoms with Gasteiger partial charge >= 0.3 is 5.97 Å². The highest BCUT2D eigenvalue weighted by Crippen LogP contribution is 2.60. The van der Waals surface area contributed by atoms with E-state index in [1.807, 2.05) is 18.2 Å². The van der Waals surface area contributed by atoms with Crippen LogP contribution in [0.15, 0.2) is 42.5 Å². The molecule has 2 fully saturated rings. The fourth-order valence-electron chi connectivity index (χ4n) is 4.67. The molecular weight excluding hydrogens is 371 g/mol. The van der Waals surface area contributed by atoms with Crippen molar-refractivity contribution in [2.75, 3.05) is 0 Å². The van der Waals surface area contributed by atoms with Crippen LogP contribution < -0.4 is 0 Å². The predicted molar refractivity (Wildman–Crippen MR) is 102 cm³/mol. The van der Waals surface area contributed by atoms with Gasteiger partial charge in [-0.1, -0.05) is 47.5 Å². The highest BCUT2D eigenvalue weighted by Gasteiger charge is 2.54. The molecule has 2 N–H and O–H groups in total. The summed E-state index contributed by atoms with van der Waals surface area (Å²) >= 11 is 12.8. The minimum absolute atomic E-state index is 0.00801. The number of benzene rings is 2. The van der Waals surface area contributed by atoms with E-state index in [9.17, 15) is 15.0 Å². The van der Waals surface area contributed by atoms with Crippen molar-refractivity contribution in [3.05, 3.63) is 69.2 Å². The number of aromatic carboxylic acids is 1. The van der Waals surface area contributed by atoms with Gasteiger partial charge in [-0.25, -0.2) is 4.79 Å². The molecule has 0 aliphatic heterocycles. The highest BCUT2D eigenvalue weighted by molar-refractivity contribution is 6.36. The molecule has 136 valence electrons. The SMILES string of the molecule is O=C(O)c1ccccc1C1(O)CC(c2c(Cl)cccc2Cl)CC1C1CC1. The molecule has 2 aromatic carbocycles. The Hall–Kier alpha value is -1.55. The van der Waals surface area contributed by atoms with Gasteiger partial charge in [0, 0.05) is 10.0 Å². The molecule has 0 bridgehead atoms. The molecule has 3 nitrogen and oxygen atoms in total. The first-order chi connectivity index (χ1) is 12.4. The van der Waals surface area contributed by atoms with Crippen LogP contribution in [-0.4, -0.2) is 16.2 Å². The average Bonchev–Trinajstić information content (AvgIpc) is 3.38. The average molecular weight is 391 g/mol. The van der Waals surface area contributed by atoms with Crippen LogP contribution in [0.5, 0.6) is 0 Å². The van der Waals surface area contributed by atoms with Gasteiger partial charge in [0.2, 0.25) is 0 Å². The summed E-state index contributed by atoms with van der Waals surface area (Å²) in [6.45, 7) is 0. The Morgan fingerprint density at radius 3 is 2.31 bits per heavy atom. The third-order valence-corrected chi connectivity index (χ3v) is 6.59. The molecule has 2 aliphatic rings. The molecule has 2 aromatic rings. The predicted octanol–water partition coefficient (Wildman–Crippen LogP) is 5.48. The van der Waals surface area contributed by atoms with Gasteiger partial charge in [-0.15, -0.1) is 0 Å². The van der Waals surface area contributed by atoms with Gasteiger partial charge < -0.3 is 10.2 Å². The summed E-state index contributed by atoms with van der Waals surface area (Å²) in [5.74, 6) is -0.565. The van der Waals surface area contributed by atoms with Crippen LogP contribution in [-0.2, 0) is 5.60 Å². The normalized spacial score (nSPS) is 28.3. The largest absolute Gasteiger partial charge is 0.478 e. The van der Waals surface area contributed by atoms with Gasteiger partial charge in [0.15, 0.2) is 0 Å². The lowest BCUT2D eigenvalue weighted by Gasteiger charge is -2.32. The second-order valence-corrected chi connectivity index (χ2v) is 8.31. The summed E-state index contributed by atoms with van der Waals surface area (Å²) in [5, 5.41) is 22.5. The van der Waals surface area contributed by atoms with Crippen LogP contribution >= 0.6 is 23.2 Å². The molecule has 0 amide bonds. The van der Waals surface area contributed by atoms with Gasteiger partial charge in [-0.2, -0.15) is 0 Å². The molecule has 4 rings (SSSR count). The van der Waals surface area contributed by atoms with E-state index < -0.39 is 11.6 Å². The van der Waals surface area contributed by atoms with E-state index in [4.69, 9.17) is 23.2 Å². The lowest BCUT2D eigenvalue weighted by atomic mass is 9.79. The van der Waals surface area contributed by atoms with Gasteiger partial charge in [0.25, 0.3) is 0 Å². The van der Waals surface area contributed by atoms with Gasteiger partial charge in [-0.3, -0.25) is 0 Å². The quantitative estimate of drug-likeness (QED) is 0.725. The summed E-state index contributed by atoms with van der Waals surface area (Å²) < 4.78 is 0. The van der Waals surface area contributed by atoms with Crippen LogP contribution in [0.3, 0.4) is 0 Å². The van der Waals surface area contributed by atoms with Crippen molar-refractivity contribution in [1.82, 2.24) is 0 Å². The Labute approximate surface area is 162 Å². The topological polar surface area (TPSA) is 57.5 Å². The van der Waals surface area contributed by atoms with E-state index in [0.29, 0.717) is 27.9 Å². The minimum Gasteiger partial charge on any atom is -0.478 e. The van der Waals surface area contributed by atoms with Crippen molar-refractivity contribution >= 4 is 29.2 Å². The maximum absolute atomic E-state index is 11.7. The van der Waals surface area contributed by atoms with Gasteiger partial charge in [0.1, 0.15) is 0 Å². The number of aliphatic hydroxyl groups is 1. The summed E-state index contributed by atoms with van der Waals surface area (Å²) in [7, 11) is 0. The standard InChI is InChI=1S/C21H20Cl2O3/c22-17-6-3-7-18(23)19(17)13-10-16(12-8-9-12)21(26,11-13)15-5-2-1-4-14(15)20(24)25/h1-7,12-13,16,26H,8-11H2,(H,24,25). The Morgan fingerprint density at radius 2 is 1.69 bits per heavy atom. The summed E-state index contributed by atoms with van der Waals surface area (Å²) in [6, 6.07) is 12.2. The Kier molecular flexibility index (Phi) is 4.50. The maximum Gasteiger partial charge on any atom is 0.336 e. The third kappa shape index (κ3) is 2.92. The summed E-state index contributed by atoms with van der Waals surface area (Å²) in [4.78, 5) is 11.7. The zero-order valence-electron chi connectivity index (χ0n) is 14.2. The van der Waals surface area contributed by atoms with E-state index in [1.54, 1.807) is 24.3 Å². The first kappa shape index (κ1) is 17.8. The monoisotopic (exact) mass is 390 g/mol. The summed E-state index contributed by atoms with van der Waals surface area (Å²) in [6.07, 6.45) is 3.34. The molecule has 2 aliphatic carbocycles. The Balaban J connectivity index is 1.79. The van der Waals surface area contributed by atoms with Crippen molar-refractivity contribution < 1.29 is 15.0 Å². The van der Waals surface area contributed by atoms with Crippen molar-refractivity contribution in [2.45, 2.75) is 37.2 Å². The molecular formula is C21H20Cl2O3. The molecule has 3 atom stereocenters. The molecule has 0 heterocycles. The highest BCUT2D eigenvalue weighted by atomic mass is 35.5. The number of halogens is 2. The lowest BCUT2D eigenvalue weighted by Crippen LogP contribution is -2.33. The van der Waals surface area contributed by atoms with Crippen LogP contribution in [0.2, 0.25) is 10.0 Å². The number of rotatable bonds is 4. The maximum atomic E-state index is 11.7. The van der Waals surface area contributed by atoms with E-state index in [1.165, 1.54) is 0 Å². The van der Waals surface area contributed by atoms with E-state index in [-0.39, 0.29) is 17.4 Å². The van der Waals surface area contributed by atoms with E-state index in [2.05, 4.69) is 0 Å². The Morgan fingerprint density at radius 1 is 1.04 bits per heavy atom. The van der Waals surface area contributed by atoms with Crippen LogP contribution in [0.1, 0.15) is 53.1 Å². The zero-order chi connectivity index (χ0) is 18.5. The molecule has 0 aromatic heterocycles. The molecule has 2 saturated carbocycles. The number of carboxylic acid groups (broad SMARTS) is 1. The zero-order valence-corrected chi connectivity index (χ0v) is 15.7. The molecule has 0 spiro atoms. The molecule has 5 heteroatoms. The van der Waals surface area contributed by atoms with Gasteiger partial charge in [0.05, 0.1) is 11.2 Å². The van der Waals surface area contributed by atoms with Crippen LogP contribution in [0.4, 0.5) is 0 Å². The second-order valence-electron chi connectivity index (χ2n) is 7.49. The number of hydrogen-bond acceptors (Lipinski definition) is 2. The van der Waals surface area contributed by atoms with Crippen LogP contribution in [0.25, 0.3) is 0 Å². The Bertz CT molecular complexity index is 842. The number of carbonyl (C=O) groups is 1. The molecule has 3 unspecified atom stereocenters. The van der Waals surface area contributed by atoms with Crippen molar-refractivity contribution in [2.24, 2.45) is 11.8 Å². The number of carboxylic acids is 1. The smallest absolute Gasteiger partial charge is 0.336 e. The second kappa shape index (κ2) is 6.56. The van der Waals surface area contributed by atoms with Gasteiger partial charge in [-0.05, 0) is 72.8 Å². The summed E-state index contributed by atoms with van der Waals surface area (Å²) in [5.41, 5.74) is 0.371.